The number of rotatable bonds is 2. The van der Waals surface area contributed by atoms with Crippen molar-refractivity contribution < 1.29 is 9.90 Å². The number of aliphatic carboxylic acids is 1. The summed E-state index contributed by atoms with van der Waals surface area (Å²) >= 11 is 6.31. The highest BCUT2D eigenvalue weighted by atomic mass is 35.5. The summed E-state index contributed by atoms with van der Waals surface area (Å²) in [6.45, 7) is 0. The fraction of sp³-hybridized carbons (Fsp3) is 0.250. The fourth-order valence-electron chi connectivity index (χ4n) is 2.73. The number of carbonyl (C=O) groups is 1. The molecule has 1 unspecified atom stereocenters. The number of halogens is 1. The second-order valence-electron chi connectivity index (χ2n) is 5.00. The van der Waals surface area contributed by atoms with E-state index in [0.717, 1.165) is 35.4 Å². The summed E-state index contributed by atoms with van der Waals surface area (Å²) in [6.07, 6.45) is 2.33. The molecule has 0 radical (unpaired) electrons. The van der Waals surface area contributed by atoms with Gasteiger partial charge in [0, 0.05) is 11.3 Å². The number of benzene rings is 1. The number of hydrogen-bond acceptors (Lipinski definition) is 2. The zero-order chi connectivity index (χ0) is 14.1. The Bertz CT molecular complexity index is 655. The largest absolute Gasteiger partial charge is 0.481 e. The van der Waals surface area contributed by atoms with Crippen LogP contribution in [0.3, 0.4) is 0 Å². The minimum absolute atomic E-state index is 0.478. The summed E-state index contributed by atoms with van der Waals surface area (Å²) in [4.78, 5) is 15.9. The summed E-state index contributed by atoms with van der Waals surface area (Å²) in [5.74, 6) is -1.27. The molecule has 0 spiro atoms. The van der Waals surface area contributed by atoms with Gasteiger partial charge in [0.15, 0.2) is 0 Å². The number of carboxylic acid groups (broad SMARTS) is 1. The van der Waals surface area contributed by atoms with Crippen LogP contribution in [0.15, 0.2) is 36.4 Å². The minimum Gasteiger partial charge on any atom is -0.481 e. The van der Waals surface area contributed by atoms with Crippen LogP contribution >= 0.6 is 11.6 Å². The average Bonchev–Trinajstić information content (AvgIpc) is 2.46. The molecule has 1 aromatic heterocycles. The van der Waals surface area contributed by atoms with Crippen molar-refractivity contribution in [2.75, 3.05) is 0 Å². The van der Waals surface area contributed by atoms with Gasteiger partial charge in [-0.3, -0.25) is 9.78 Å². The Balaban J connectivity index is 2.11. The Morgan fingerprint density at radius 1 is 1.30 bits per heavy atom. The third kappa shape index (κ3) is 2.29. The summed E-state index contributed by atoms with van der Waals surface area (Å²) in [5, 5.41) is 9.81. The molecule has 0 fully saturated rings. The van der Waals surface area contributed by atoms with E-state index in [1.165, 1.54) is 0 Å². The molecule has 20 heavy (non-hydrogen) atoms. The third-order valence-corrected chi connectivity index (χ3v) is 4.00. The van der Waals surface area contributed by atoms with Crippen LogP contribution in [0.2, 0.25) is 5.02 Å². The molecule has 1 aliphatic carbocycles. The van der Waals surface area contributed by atoms with Crippen molar-refractivity contribution in [2.24, 2.45) is 0 Å². The number of aromatic nitrogens is 1. The van der Waals surface area contributed by atoms with Crippen LogP contribution in [0, 0.1) is 0 Å². The van der Waals surface area contributed by atoms with Crippen LogP contribution in [0.1, 0.15) is 30.0 Å². The first kappa shape index (κ1) is 13.1. The molecule has 102 valence electrons. The highest BCUT2D eigenvalue weighted by Crippen LogP contribution is 2.36. The SMILES string of the molecule is O=C(O)C1CCCc2nc(-c3ccccc3)c(Cl)cc21. The third-order valence-electron chi connectivity index (χ3n) is 3.72. The molecule has 2 aromatic rings. The highest BCUT2D eigenvalue weighted by Gasteiger charge is 2.28. The van der Waals surface area contributed by atoms with Gasteiger partial charge in [0.05, 0.1) is 16.6 Å². The minimum atomic E-state index is -0.795. The van der Waals surface area contributed by atoms with Crippen molar-refractivity contribution in [1.82, 2.24) is 4.98 Å². The number of nitrogens with zero attached hydrogens (tertiary/aromatic N) is 1. The fourth-order valence-corrected chi connectivity index (χ4v) is 3.00. The van der Waals surface area contributed by atoms with Crippen molar-refractivity contribution in [3.63, 3.8) is 0 Å². The maximum atomic E-state index is 11.3. The average molecular weight is 288 g/mol. The van der Waals surface area contributed by atoms with Crippen molar-refractivity contribution in [3.8, 4) is 11.3 Å². The Labute approximate surface area is 122 Å². The molecule has 0 bridgehead atoms. The predicted octanol–water partition coefficient (Wildman–Crippen LogP) is 3.91. The van der Waals surface area contributed by atoms with Gasteiger partial charge in [-0.1, -0.05) is 41.9 Å². The smallest absolute Gasteiger partial charge is 0.311 e. The Hall–Kier alpha value is -1.87. The van der Waals surface area contributed by atoms with Gasteiger partial charge in [0.1, 0.15) is 0 Å². The lowest BCUT2D eigenvalue weighted by atomic mass is 9.85. The molecular formula is C16H14ClNO2. The van der Waals surface area contributed by atoms with Gasteiger partial charge >= 0.3 is 5.97 Å². The molecule has 0 aliphatic heterocycles. The Morgan fingerprint density at radius 3 is 2.75 bits per heavy atom. The van der Waals surface area contributed by atoms with Crippen molar-refractivity contribution in [2.45, 2.75) is 25.2 Å². The Morgan fingerprint density at radius 2 is 2.05 bits per heavy atom. The monoisotopic (exact) mass is 287 g/mol. The maximum absolute atomic E-state index is 11.3. The van der Waals surface area contributed by atoms with E-state index in [1.54, 1.807) is 6.07 Å². The summed E-state index contributed by atoms with van der Waals surface area (Å²) in [6, 6.07) is 11.5. The molecular weight excluding hydrogens is 274 g/mol. The van der Waals surface area contributed by atoms with Crippen LogP contribution in [0.5, 0.6) is 0 Å². The zero-order valence-electron chi connectivity index (χ0n) is 10.8. The van der Waals surface area contributed by atoms with E-state index in [1.807, 2.05) is 30.3 Å². The van der Waals surface area contributed by atoms with Crippen LogP contribution in [-0.4, -0.2) is 16.1 Å². The van der Waals surface area contributed by atoms with E-state index in [2.05, 4.69) is 4.98 Å². The molecule has 1 N–H and O–H groups in total. The molecule has 1 aliphatic rings. The van der Waals surface area contributed by atoms with E-state index in [0.29, 0.717) is 11.4 Å². The van der Waals surface area contributed by atoms with E-state index >= 15 is 0 Å². The van der Waals surface area contributed by atoms with Gasteiger partial charge in [0.25, 0.3) is 0 Å². The quantitative estimate of drug-likeness (QED) is 0.911. The van der Waals surface area contributed by atoms with E-state index in [4.69, 9.17) is 11.6 Å². The maximum Gasteiger partial charge on any atom is 0.311 e. The summed E-state index contributed by atoms with van der Waals surface area (Å²) in [5.41, 5.74) is 3.33. The first-order valence-corrected chi connectivity index (χ1v) is 7.02. The highest BCUT2D eigenvalue weighted by molar-refractivity contribution is 6.33. The van der Waals surface area contributed by atoms with Gasteiger partial charge in [-0.25, -0.2) is 0 Å². The van der Waals surface area contributed by atoms with E-state index < -0.39 is 11.9 Å². The molecule has 0 saturated carbocycles. The topological polar surface area (TPSA) is 50.2 Å². The molecule has 0 amide bonds. The molecule has 1 atom stereocenters. The molecule has 4 heteroatoms. The second-order valence-corrected chi connectivity index (χ2v) is 5.41. The lowest BCUT2D eigenvalue weighted by molar-refractivity contribution is -0.139. The molecule has 1 heterocycles. The Kier molecular flexibility index (Phi) is 3.45. The number of aryl methyl sites for hydroxylation is 1. The van der Waals surface area contributed by atoms with Crippen LogP contribution < -0.4 is 0 Å². The lowest BCUT2D eigenvalue weighted by Gasteiger charge is -2.22. The van der Waals surface area contributed by atoms with Crippen molar-refractivity contribution >= 4 is 17.6 Å². The van der Waals surface area contributed by atoms with E-state index in [-0.39, 0.29) is 0 Å². The van der Waals surface area contributed by atoms with Gasteiger partial charge in [0.2, 0.25) is 0 Å². The molecule has 3 rings (SSSR count). The van der Waals surface area contributed by atoms with Crippen LogP contribution in [-0.2, 0) is 11.2 Å². The van der Waals surface area contributed by atoms with Crippen LogP contribution in [0.4, 0.5) is 0 Å². The normalized spacial score (nSPS) is 17.6. The number of hydrogen-bond donors (Lipinski definition) is 1. The first-order valence-electron chi connectivity index (χ1n) is 6.64. The standard InChI is InChI=1S/C16H14ClNO2/c17-13-9-12-11(16(19)20)7-4-8-14(12)18-15(13)10-5-2-1-3-6-10/h1-3,5-6,9,11H,4,7-8H2,(H,19,20). The van der Waals surface area contributed by atoms with E-state index in [9.17, 15) is 9.90 Å². The summed E-state index contributed by atoms with van der Waals surface area (Å²) < 4.78 is 0. The molecule has 1 aromatic carbocycles. The van der Waals surface area contributed by atoms with Gasteiger partial charge in [-0.15, -0.1) is 0 Å². The predicted molar refractivity (Wildman–Crippen MR) is 78.0 cm³/mol. The van der Waals surface area contributed by atoms with Crippen molar-refractivity contribution in [1.29, 1.82) is 0 Å². The number of carboxylic acids is 1. The number of fused-ring (bicyclic) bond motifs is 1. The lowest BCUT2D eigenvalue weighted by Crippen LogP contribution is -2.19. The number of pyridine rings is 1. The van der Waals surface area contributed by atoms with Crippen LogP contribution in [0.25, 0.3) is 11.3 Å². The molecule has 3 nitrogen and oxygen atoms in total. The first-order chi connectivity index (χ1) is 9.66. The molecule has 0 saturated heterocycles. The van der Waals surface area contributed by atoms with Gasteiger partial charge < -0.3 is 5.11 Å². The summed E-state index contributed by atoms with van der Waals surface area (Å²) in [7, 11) is 0. The van der Waals surface area contributed by atoms with Gasteiger partial charge in [-0.05, 0) is 30.9 Å². The zero-order valence-corrected chi connectivity index (χ0v) is 11.6. The van der Waals surface area contributed by atoms with Crippen molar-refractivity contribution in [3.05, 3.63) is 52.7 Å². The van der Waals surface area contributed by atoms with Gasteiger partial charge in [-0.2, -0.15) is 0 Å². The second kappa shape index (κ2) is 5.25.